The quantitative estimate of drug-likeness (QED) is 0.423. The summed E-state index contributed by atoms with van der Waals surface area (Å²) >= 11 is 1.36. The van der Waals surface area contributed by atoms with Crippen LogP contribution in [0.1, 0.15) is 5.56 Å². The third-order valence-electron chi connectivity index (χ3n) is 3.37. The predicted octanol–water partition coefficient (Wildman–Crippen LogP) is 3.33. The van der Waals surface area contributed by atoms with E-state index in [2.05, 4.69) is 15.3 Å². The maximum absolute atomic E-state index is 10.9. The highest BCUT2D eigenvalue weighted by molar-refractivity contribution is 7.19. The Morgan fingerprint density at radius 1 is 1.30 bits per heavy atom. The minimum absolute atomic E-state index is 0.0908. The number of aromatic nitrogens is 4. The normalized spacial score (nSPS) is 11.2. The van der Waals surface area contributed by atoms with E-state index in [0.29, 0.717) is 27.1 Å². The topological polar surface area (TPSA) is 99.4 Å². The summed E-state index contributed by atoms with van der Waals surface area (Å²) in [5.41, 5.74) is 1.48. The van der Waals surface area contributed by atoms with Crippen molar-refractivity contribution in [2.45, 2.75) is 6.92 Å². The number of hydrogen-bond acceptors (Lipinski definition) is 7. The molecule has 23 heavy (non-hydrogen) atoms. The summed E-state index contributed by atoms with van der Waals surface area (Å²) in [5.74, 6) is 1.10. The van der Waals surface area contributed by atoms with Gasteiger partial charge in [-0.25, -0.2) is 0 Å². The maximum Gasteiger partial charge on any atom is 0.272 e. The van der Waals surface area contributed by atoms with E-state index in [-0.39, 0.29) is 5.69 Å². The van der Waals surface area contributed by atoms with Gasteiger partial charge in [0.25, 0.3) is 5.69 Å². The largest absolute Gasteiger partial charge is 0.461 e. The van der Waals surface area contributed by atoms with Crippen LogP contribution in [0.5, 0.6) is 0 Å². The van der Waals surface area contributed by atoms with Gasteiger partial charge in [0.2, 0.25) is 10.8 Å². The van der Waals surface area contributed by atoms with Crippen molar-refractivity contribution < 1.29 is 9.34 Å². The summed E-state index contributed by atoms with van der Waals surface area (Å²) in [7, 11) is 0. The highest BCUT2D eigenvalue weighted by Crippen LogP contribution is 2.30. The van der Waals surface area contributed by atoms with E-state index in [9.17, 15) is 10.1 Å². The van der Waals surface area contributed by atoms with Gasteiger partial charge in [-0.3, -0.25) is 10.1 Å². The van der Waals surface area contributed by atoms with Gasteiger partial charge in [-0.2, -0.15) is 9.61 Å². The summed E-state index contributed by atoms with van der Waals surface area (Å²) in [5, 5.41) is 24.3. The molecule has 0 radical (unpaired) electrons. The Morgan fingerprint density at radius 2 is 2.17 bits per heavy atom. The van der Waals surface area contributed by atoms with Crippen LogP contribution in [0.25, 0.3) is 27.1 Å². The van der Waals surface area contributed by atoms with Gasteiger partial charge in [0.05, 0.1) is 11.2 Å². The van der Waals surface area contributed by atoms with Crippen LogP contribution in [0.2, 0.25) is 0 Å². The van der Waals surface area contributed by atoms with Crippen molar-refractivity contribution in [3.63, 3.8) is 0 Å². The molecular weight excluding hydrogens is 318 g/mol. The van der Waals surface area contributed by atoms with Crippen molar-refractivity contribution in [1.82, 2.24) is 19.8 Å². The van der Waals surface area contributed by atoms with Crippen molar-refractivity contribution in [2.24, 2.45) is 0 Å². The Balaban J connectivity index is 1.81. The van der Waals surface area contributed by atoms with Crippen molar-refractivity contribution in [1.29, 1.82) is 0 Å². The summed E-state index contributed by atoms with van der Waals surface area (Å²) in [6.07, 6.45) is 1.56. The van der Waals surface area contributed by atoms with Gasteiger partial charge in [-0.05, 0) is 31.2 Å². The lowest BCUT2D eigenvalue weighted by atomic mass is 10.1. The fraction of sp³-hybridized carbons (Fsp3) is 0.0714. The monoisotopic (exact) mass is 327 g/mol. The van der Waals surface area contributed by atoms with E-state index < -0.39 is 4.92 Å². The lowest BCUT2D eigenvalue weighted by Gasteiger charge is -1.99. The van der Waals surface area contributed by atoms with Crippen LogP contribution in [0, 0.1) is 17.0 Å². The average Bonchev–Trinajstić information content (AvgIpc) is 3.22. The van der Waals surface area contributed by atoms with Crippen LogP contribution >= 0.6 is 11.3 Å². The molecular formula is C14H9N5O3S. The Kier molecular flexibility index (Phi) is 2.95. The first-order chi connectivity index (χ1) is 11.1. The smallest absolute Gasteiger partial charge is 0.272 e. The molecule has 0 bridgehead atoms. The first-order valence-corrected chi connectivity index (χ1v) is 7.46. The third kappa shape index (κ3) is 2.18. The number of nitro groups is 1. The van der Waals surface area contributed by atoms with Crippen molar-refractivity contribution in [3.05, 3.63) is 52.3 Å². The molecule has 4 aromatic rings. The number of hydrogen-bond donors (Lipinski definition) is 0. The predicted molar refractivity (Wildman–Crippen MR) is 83.2 cm³/mol. The second-order valence-electron chi connectivity index (χ2n) is 4.86. The van der Waals surface area contributed by atoms with Crippen LogP contribution in [0.3, 0.4) is 0 Å². The zero-order valence-electron chi connectivity index (χ0n) is 11.8. The SMILES string of the molecule is Cc1cc(-c2nn3c(-c4ccco4)nnc3s2)ccc1[N+](=O)[O-]. The van der Waals surface area contributed by atoms with Crippen molar-refractivity contribution in [3.8, 4) is 22.2 Å². The van der Waals surface area contributed by atoms with E-state index in [4.69, 9.17) is 4.42 Å². The van der Waals surface area contributed by atoms with E-state index in [1.165, 1.54) is 17.4 Å². The van der Waals surface area contributed by atoms with Crippen molar-refractivity contribution in [2.75, 3.05) is 0 Å². The van der Waals surface area contributed by atoms with Gasteiger partial charge >= 0.3 is 0 Å². The number of furan rings is 1. The minimum atomic E-state index is -0.396. The summed E-state index contributed by atoms with van der Waals surface area (Å²) in [6.45, 7) is 1.70. The number of nitro benzene ring substituents is 1. The van der Waals surface area contributed by atoms with Gasteiger partial charge in [0, 0.05) is 17.2 Å². The zero-order valence-corrected chi connectivity index (χ0v) is 12.6. The van der Waals surface area contributed by atoms with Gasteiger partial charge < -0.3 is 4.42 Å². The van der Waals surface area contributed by atoms with Crippen LogP contribution in [-0.2, 0) is 0 Å². The van der Waals surface area contributed by atoms with Crippen LogP contribution in [-0.4, -0.2) is 24.7 Å². The van der Waals surface area contributed by atoms with Gasteiger partial charge in [-0.1, -0.05) is 11.3 Å². The Morgan fingerprint density at radius 3 is 2.87 bits per heavy atom. The molecule has 8 nitrogen and oxygen atoms in total. The highest BCUT2D eigenvalue weighted by atomic mass is 32.1. The van der Waals surface area contributed by atoms with E-state index in [1.54, 1.807) is 42.0 Å². The molecule has 0 fully saturated rings. The number of benzene rings is 1. The number of aryl methyl sites for hydroxylation is 1. The first kappa shape index (κ1) is 13.6. The van der Waals surface area contributed by atoms with E-state index in [0.717, 1.165) is 5.56 Å². The van der Waals surface area contributed by atoms with Crippen LogP contribution < -0.4 is 0 Å². The summed E-state index contributed by atoms with van der Waals surface area (Å²) < 4.78 is 6.94. The maximum atomic E-state index is 10.9. The second-order valence-corrected chi connectivity index (χ2v) is 5.82. The number of fused-ring (bicyclic) bond motifs is 1. The first-order valence-electron chi connectivity index (χ1n) is 6.65. The van der Waals surface area contributed by atoms with Gasteiger partial charge in [0.1, 0.15) is 5.01 Å². The minimum Gasteiger partial charge on any atom is -0.461 e. The lowest BCUT2D eigenvalue weighted by Crippen LogP contribution is -1.92. The molecule has 0 aliphatic heterocycles. The molecule has 0 saturated heterocycles. The fourth-order valence-electron chi connectivity index (χ4n) is 2.29. The molecule has 1 aromatic carbocycles. The van der Waals surface area contributed by atoms with Gasteiger partial charge in [-0.15, -0.1) is 10.2 Å². The standard InChI is InChI=1S/C14H9N5O3S/c1-8-7-9(4-5-10(8)19(20)21)13-17-18-12(11-3-2-6-22-11)15-16-14(18)23-13/h2-7H,1H3. The molecule has 0 saturated carbocycles. The molecule has 0 N–H and O–H groups in total. The Labute approximate surface area is 133 Å². The summed E-state index contributed by atoms with van der Waals surface area (Å²) in [6, 6.07) is 8.47. The Bertz CT molecular complexity index is 1020. The zero-order chi connectivity index (χ0) is 16.0. The molecule has 3 aromatic heterocycles. The molecule has 114 valence electrons. The van der Waals surface area contributed by atoms with Crippen LogP contribution in [0.15, 0.2) is 41.0 Å². The van der Waals surface area contributed by atoms with Gasteiger partial charge in [0.15, 0.2) is 5.76 Å². The molecule has 0 spiro atoms. The number of nitrogens with zero attached hydrogens (tertiary/aromatic N) is 5. The second kappa shape index (κ2) is 4.99. The molecule has 0 unspecified atom stereocenters. The molecule has 0 atom stereocenters. The number of rotatable bonds is 3. The fourth-order valence-corrected chi connectivity index (χ4v) is 3.12. The highest BCUT2D eigenvalue weighted by Gasteiger charge is 2.17. The lowest BCUT2D eigenvalue weighted by molar-refractivity contribution is -0.385. The molecule has 0 amide bonds. The van der Waals surface area contributed by atoms with Crippen molar-refractivity contribution >= 4 is 22.0 Å². The molecule has 0 aliphatic rings. The van der Waals surface area contributed by atoms with E-state index in [1.807, 2.05) is 0 Å². The molecule has 0 aliphatic carbocycles. The van der Waals surface area contributed by atoms with Crippen LogP contribution in [0.4, 0.5) is 5.69 Å². The summed E-state index contributed by atoms with van der Waals surface area (Å²) in [4.78, 5) is 11.1. The molecule has 9 heteroatoms. The van der Waals surface area contributed by atoms with E-state index >= 15 is 0 Å². The molecule has 3 heterocycles. The molecule has 4 rings (SSSR count). The Hall–Kier alpha value is -3.07. The average molecular weight is 327 g/mol. The third-order valence-corrected chi connectivity index (χ3v) is 4.32.